The van der Waals surface area contributed by atoms with Gasteiger partial charge in [-0.3, -0.25) is 4.79 Å². The van der Waals surface area contributed by atoms with Crippen LogP contribution < -0.4 is 16.0 Å². The molecule has 0 unspecified atom stereocenters. The largest absolute Gasteiger partial charge is 0.335 e. The Morgan fingerprint density at radius 1 is 1.32 bits per heavy atom. The Balaban J connectivity index is 1.72. The quantitative estimate of drug-likeness (QED) is 0.777. The fourth-order valence-electron chi connectivity index (χ4n) is 2.66. The average molecular weight is 307 g/mol. The van der Waals surface area contributed by atoms with E-state index in [0.717, 1.165) is 25.7 Å². The molecule has 1 aliphatic rings. The molecule has 122 valence electrons. The van der Waals surface area contributed by atoms with Gasteiger partial charge in [-0.05, 0) is 26.7 Å². The maximum atomic E-state index is 11.9. The molecule has 0 spiro atoms. The minimum atomic E-state index is -0.278. The summed E-state index contributed by atoms with van der Waals surface area (Å²) in [5.74, 6) is 0.371. The standard InChI is InChI=1S/C15H25N5O2/c1-11(2)20-13(8-9-17-20)19-14(21)10-16-15(22)18-12-6-4-3-5-7-12/h8-9,11-12H,3-7,10H2,1-2H3,(H,19,21)(H2,16,18,22). The molecular formula is C15H25N5O2. The number of amides is 3. The van der Waals surface area contributed by atoms with E-state index in [4.69, 9.17) is 0 Å². The molecule has 1 heterocycles. The van der Waals surface area contributed by atoms with Crippen LogP contribution in [0.3, 0.4) is 0 Å². The Morgan fingerprint density at radius 3 is 2.73 bits per heavy atom. The van der Waals surface area contributed by atoms with Crippen LogP contribution in [0.5, 0.6) is 0 Å². The zero-order valence-electron chi connectivity index (χ0n) is 13.3. The van der Waals surface area contributed by atoms with Gasteiger partial charge in [0.1, 0.15) is 5.82 Å². The van der Waals surface area contributed by atoms with Crippen LogP contribution in [0.4, 0.5) is 10.6 Å². The monoisotopic (exact) mass is 307 g/mol. The van der Waals surface area contributed by atoms with Crippen LogP contribution in [-0.4, -0.2) is 34.3 Å². The molecule has 1 aromatic heterocycles. The predicted molar refractivity (Wildman–Crippen MR) is 84.6 cm³/mol. The lowest BCUT2D eigenvalue weighted by molar-refractivity contribution is -0.115. The molecule has 1 aromatic rings. The number of aromatic nitrogens is 2. The van der Waals surface area contributed by atoms with Crippen LogP contribution in [-0.2, 0) is 4.79 Å². The van der Waals surface area contributed by atoms with E-state index in [1.807, 2.05) is 13.8 Å². The zero-order valence-corrected chi connectivity index (χ0v) is 13.3. The number of urea groups is 1. The number of carbonyl (C=O) groups is 2. The van der Waals surface area contributed by atoms with Crippen LogP contribution in [0.25, 0.3) is 0 Å². The van der Waals surface area contributed by atoms with Crippen LogP contribution >= 0.6 is 0 Å². The van der Waals surface area contributed by atoms with Crippen molar-refractivity contribution in [1.82, 2.24) is 20.4 Å². The number of nitrogens with zero attached hydrogens (tertiary/aromatic N) is 2. The lowest BCUT2D eigenvalue weighted by Gasteiger charge is -2.22. The molecule has 2 rings (SSSR count). The second kappa shape index (κ2) is 7.82. The third-order valence-corrected chi connectivity index (χ3v) is 3.78. The van der Waals surface area contributed by atoms with Crippen molar-refractivity contribution in [2.45, 2.75) is 58.0 Å². The Bertz CT molecular complexity index is 506. The Hall–Kier alpha value is -2.05. The van der Waals surface area contributed by atoms with E-state index >= 15 is 0 Å². The molecule has 0 atom stereocenters. The highest BCUT2D eigenvalue weighted by molar-refractivity contribution is 5.93. The lowest BCUT2D eigenvalue weighted by atomic mass is 9.96. The van der Waals surface area contributed by atoms with Gasteiger partial charge in [0, 0.05) is 18.2 Å². The summed E-state index contributed by atoms with van der Waals surface area (Å²) in [5.41, 5.74) is 0. The fraction of sp³-hybridized carbons (Fsp3) is 0.667. The van der Waals surface area contributed by atoms with Gasteiger partial charge < -0.3 is 16.0 Å². The van der Waals surface area contributed by atoms with Gasteiger partial charge >= 0.3 is 6.03 Å². The summed E-state index contributed by atoms with van der Waals surface area (Å²) in [6.45, 7) is 3.92. The maximum Gasteiger partial charge on any atom is 0.315 e. The minimum absolute atomic E-state index is 0.0537. The maximum absolute atomic E-state index is 11.9. The van der Waals surface area contributed by atoms with Gasteiger partial charge in [-0.25, -0.2) is 9.48 Å². The van der Waals surface area contributed by atoms with E-state index in [1.54, 1.807) is 16.9 Å². The van der Waals surface area contributed by atoms with Crippen molar-refractivity contribution in [1.29, 1.82) is 0 Å². The first-order chi connectivity index (χ1) is 10.6. The first-order valence-corrected chi connectivity index (χ1v) is 7.94. The van der Waals surface area contributed by atoms with Crippen LogP contribution in [0.15, 0.2) is 12.3 Å². The van der Waals surface area contributed by atoms with Crippen LogP contribution in [0.2, 0.25) is 0 Å². The summed E-state index contributed by atoms with van der Waals surface area (Å²) in [4.78, 5) is 23.7. The predicted octanol–water partition coefficient (Wildman–Crippen LogP) is 2.03. The van der Waals surface area contributed by atoms with Crippen molar-refractivity contribution in [3.63, 3.8) is 0 Å². The number of nitrogens with one attached hydrogen (secondary N) is 3. The van der Waals surface area contributed by atoms with Gasteiger partial charge in [-0.1, -0.05) is 19.3 Å². The second-order valence-electron chi connectivity index (χ2n) is 5.96. The smallest absolute Gasteiger partial charge is 0.315 e. The van der Waals surface area contributed by atoms with Gasteiger partial charge in [0.2, 0.25) is 5.91 Å². The molecule has 1 aliphatic carbocycles. The van der Waals surface area contributed by atoms with E-state index in [2.05, 4.69) is 21.0 Å². The van der Waals surface area contributed by atoms with Crippen molar-refractivity contribution in [2.24, 2.45) is 0 Å². The van der Waals surface area contributed by atoms with E-state index in [0.29, 0.717) is 5.82 Å². The second-order valence-corrected chi connectivity index (χ2v) is 5.96. The van der Waals surface area contributed by atoms with Gasteiger partial charge in [-0.2, -0.15) is 5.10 Å². The van der Waals surface area contributed by atoms with Gasteiger partial charge in [-0.15, -0.1) is 0 Å². The number of hydrogen-bond acceptors (Lipinski definition) is 3. The fourth-order valence-corrected chi connectivity index (χ4v) is 2.66. The van der Waals surface area contributed by atoms with E-state index in [1.165, 1.54) is 6.42 Å². The van der Waals surface area contributed by atoms with Crippen molar-refractivity contribution in [2.75, 3.05) is 11.9 Å². The molecule has 3 N–H and O–H groups in total. The number of carbonyl (C=O) groups excluding carboxylic acids is 2. The summed E-state index contributed by atoms with van der Waals surface area (Å²) in [7, 11) is 0. The van der Waals surface area contributed by atoms with Crippen LogP contribution in [0.1, 0.15) is 52.0 Å². The molecule has 7 heteroatoms. The highest BCUT2D eigenvalue weighted by Crippen LogP contribution is 2.17. The van der Waals surface area contributed by atoms with Gasteiger partial charge in [0.25, 0.3) is 0 Å². The van der Waals surface area contributed by atoms with Crippen molar-refractivity contribution in [3.05, 3.63) is 12.3 Å². The first kappa shape index (κ1) is 16.3. The third kappa shape index (κ3) is 4.75. The van der Waals surface area contributed by atoms with Gasteiger partial charge in [0.15, 0.2) is 0 Å². The Labute approximate surface area is 130 Å². The van der Waals surface area contributed by atoms with E-state index in [9.17, 15) is 9.59 Å². The summed E-state index contributed by atoms with van der Waals surface area (Å²) in [6.07, 6.45) is 7.24. The molecule has 0 saturated heterocycles. The summed E-state index contributed by atoms with van der Waals surface area (Å²) >= 11 is 0. The molecular weight excluding hydrogens is 282 g/mol. The average Bonchev–Trinajstić information content (AvgIpc) is 2.94. The SMILES string of the molecule is CC(C)n1nccc1NC(=O)CNC(=O)NC1CCCCC1. The third-order valence-electron chi connectivity index (χ3n) is 3.78. The lowest BCUT2D eigenvalue weighted by Crippen LogP contribution is -2.45. The Morgan fingerprint density at radius 2 is 2.05 bits per heavy atom. The van der Waals surface area contributed by atoms with Crippen molar-refractivity contribution in [3.8, 4) is 0 Å². The molecule has 0 bridgehead atoms. The summed E-state index contributed by atoms with van der Waals surface area (Å²) in [5, 5.41) is 12.4. The molecule has 22 heavy (non-hydrogen) atoms. The molecule has 0 aromatic carbocycles. The minimum Gasteiger partial charge on any atom is -0.335 e. The zero-order chi connectivity index (χ0) is 15.9. The molecule has 1 saturated carbocycles. The molecule has 0 radical (unpaired) electrons. The van der Waals surface area contributed by atoms with Crippen molar-refractivity contribution < 1.29 is 9.59 Å². The molecule has 3 amide bonds. The first-order valence-electron chi connectivity index (χ1n) is 7.94. The number of hydrogen-bond donors (Lipinski definition) is 3. The highest BCUT2D eigenvalue weighted by atomic mass is 16.2. The van der Waals surface area contributed by atoms with Crippen LogP contribution in [0, 0.1) is 0 Å². The normalized spacial score (nSPS) is 15.6. The Kier molecular flexibility index (Phi) is 5.80. The number of rotatable bonds is 5. The molecule has 1 fully saturated rings. The van der Waals surface area contributed by atoms with E-state index < -0.39 is 0 Å². The highest BCUT2D eigenvalue weighted by Gasteiger charge is 2.16. The summed E-state index contributed by atoms with van der Waals surface area (Å²) in [6, 6.07) is 1.85. The molecule has 7 nitrogen and oxygen atoms in total. The topological polar surface area (TPSA) is 88.1 Å². The summed E-state index contributed by atoms with van der Waals surface area (Å²) < 4.78 is 1.72. The van der Waals surface area contributed by atoms with Crippen molar-refractivity contribution >= 4 is 17.8 Å². The molecule has 0 aliphatic heterocycles. The van der Waals surface area contributed by atoms with Gasteiger partial charge in [0.05, 0.1) is 12.7 Å². The van der Waals surface area contributed by atoms with E-state index in [-0.39, 0.29) is 30.6 Å². The number of anilines is 1.